The zero-order chi connectivity index (χ0) is 24.3. The highest BCUT2D eigenvalue weighted by Gasteiger charge is 2.19. The molecule has 1 heterocycles. The summed E-state index contributed by atoms with van der Waals surface area (Å²) in [4.78, 5) is 13.1. The normalized spacial score (nSPS) is 11.3. The fourth-order valence-electron chi connectivity index (χ4n) is 3.29. The van der Waals surface area contributed by atoms with E-state index in [0.29, 0.717) is 27.8 Å². The Morgan fingerprint density at radius 3 is 2.53 bits per heavy atom. The van der Waals surface area contributed by atoms with Gasteiger partial charge in [0.2, 0.25) is 5.16 Å². The monoisotopic (exact) mass is 494 g/mol. The Balaban J connectivity index is 1.59. The van der Waals surface area contributed by atoms with Crippen molar-refractivity contribution < 1.29 is 13.2 Å². The number of thioether (sulfide) groups is 1. The molecule has 174 valence electrons. The van der Waals surface area contributed by atoms with Gasteiger partial charge in [0, 0.05) is 11.3 Å². The summed E-state index contributed by atoms with van der Waals surface area (Å²) >= 11 is 1.40. The molecule has 0 saturated heterocycles. The molecule has 1 amide bonds. The van der Waals surface area contributed by atoms with Crippen LogP contribution < -0.4 is 10.0 Å². The van der Waals surface area contributed by atoms with Gasteiger partial charge in [-0.3, -0.25) is 9.52 Å². The summed E-state index contributed by atoms with van der Waals surface area (Å²) in [5.74, 6) is -0.426. The molecule has 0 bridgehead atoms. The Labute approximate surface area is 201 Å². The number of para-hydroxylation sites is 1. The SMILES string of the molecule is CSc1nnnn1-c1cccc(NC(=O)c2cc(S(=O)(=O)Nc3ccccc3C)ccc2C)c1. The number of rotatable bonds is 7. The number of amides is 1. The zero-order valence-electron chi connectivity index (χ0n) is 18.7. The first-order valence-corrected chi connectivity index (χ1v) is 12.9. The molecule has 0 aliphatic carbocycles. The molecule has 2 N–H and O–H groups in total. The van der Waals surface area contributed by atoms with Gasteiger partial charge in [-0.1, -0.05) is 42.1 Å². The first-order chi connectivity index (χ1) is 16.3. The highest BCUT2D eigenvalue weighted by atomic mass is 32.2. The van der Waals surface area contributed by atoms with E-state index in [-0.39, 0.29) is 10.5 Å². The second kappa shape index (κ2) is 9.65. The van der Waals surface area contributed by atoms with Gasteiger partial charge in [0.1, 0.15) is 0 Å². The number of benzene rings is 3. The van der Waals surface area contributed by atoms with E-state index in [1.165, 1.54) is 23.9 Å². The number of nitrogens with one attached hydrogen (secondary N) is 2. The van der Waals surface area contributed by atoms with Crippen LogP contribution in [0.3, 0.4) is 0 Å². The van der Waals surface area contributed by atoms with Gasteiger partial charge in [0.15, 0.2) is 0 Å². The van der Waals surface area contributed by atoms with E-state index in [2.05, 4.69) is 25.6 Å². The van der Waals surface area contributed by atoms with Crippen LogP contribution in [-0.4, -0.2) is 40.8 Å². The van der Waals surface area contributed by atoms with Crippen molar-refractivity contribution in [3.63, 3.8) is 0 Å². The largest absolute Gasteiger partial charge is 0.322 e. The Hall–Kier alpha value is -3.70. The fraction of sp³-hybridized carbons (Fsp3) is 0.130. The van der Waals surface area contributed by atoms with Crippen molar-refractivity contribution in [2.24, 2.45) is 0 Å². The standard InChI is InChI=1S/C23H22N6O3S2/c1-15-11-12-19(34(31,32)26-21-10-5-4-7-16(21)2)14-20(15)22(30)24-17-8-6-9-18(13-17)29-23(33-3)25-27-28-29/h4-14,26H,1-3H3,(H,24,30). The Kier molecular flexibility index (Phi) is 6.66. The maximum Gasteiger partial charge on any atom is 0.261 e. The minimum absolute atomic E-state index is 0.00134. The van der Waals surface area contributed by atoms with Crippen LogP contribution in [0.15, 0.2) is 76.8 Å². The van der Waals surface area contributed by atoms with Gasteiger partial charge < -0.3 is 5.32 Å². The van der Waals surface area contributed by atoms with E-state index in [1.54, 1.807) is 48.0 Å². The summed E-state index contributed by atoms with van der Waals surface area (Å²) in [5, 5.41) is 15.0. The number of anilines is 2. The van der Waals surface area contributed by atoms with Crippen molar-refractivity contribution in [2.75, 3.05) is 16.3 Å². The van der Waals surface area contributed by atoms with Crippen molar-refractivity contribution >= 4 is 39.1 Å². The summed E-state index contributed by atoms with van der Waals surface area (Å²) in [6.07, 6.45) is 1.87. The molecule has 0 unspecified atom stereocenters. The predicted molar refractivity (Wildman–Crippen MR) is 132 cm³/mol. The third-order valence-corrected chi connectivity index (χ3v) is 7.11. The second-order valence-corrected chi connectivity index (χ2v) is 9.93. The molecular weight excluding hydrogens is 472 g/mol. The molecule has 0 radical (unpaired) electrons. The molecular formula is C23H22N6O3S2. The number of hydrogen-bond acceptors (Lipinski definition) is 7. The lowest BCUT2D eigenvalue weighted by Crippen LogP contribution is -2.17. The maximum atomic E-state index is 13.1. The van der Waals surface area contributed by atoms with Crippen LogP contribution in [0.2, 0.25) is 0 Å². The first-order valence-electron chi connectivity index (χ1n) is 10.2. The molecule has 0 aliphatic heterocycles. The number of sulfonamides is 1. The highest BCUT2D eigenvalue weighted by Crippen LogP contribution is 2.23. The van der Waals surface area contributed by atoms with Crippen LogP contribution in [0.5, 0.6) is 0 Å². The Morgan fingerprint density at radius 2 is 1.76 bits per heavy atom. The lowest BCUT2D eigenvalue weighted by Gasteiger charge is -2.13. The molecule has 4 rings (SSSR count). The second-order valence-electron chi connectivity index (χ2n) is 7.48. The van der Waals surface area contributed by atoms with E-state index in [9.17, 15) is 13.2 Å². The number of tetrazole rings is 1. The molecule has 11 heteroatoms. The van der Waals surface area contributed by atoms with Crippen LogP contribution >= 0.6 is 11.8 Å². The molecule has 0 saturated carbocycles. The minimum Gasteiger partial charge on any atom is -0.322 e. The fourth-order valence-corrected chi connectivity index (χ4v) is 4.88. The summed E-state index contributed by atoms with van der Waals surface area (Å²) in [6.45, 7) is 3.57. The van der Waals surface area contributed by atoms with Gasteiger partial charge in [0.25, 0.3) is 15.9 Å². The average Bonchev–Trinajstić information content (AvgIpc) is 3.30. The van der Waals surface area contributed by atoms with Crippen LogP contribution in [0.25, 0.3) is 5.69 Å². The molecule has 4 aromatic rings. The molecule has 9 nitrogen and oxygen atoms in total. The molecule has 0 fully saturated rings. The van der Waals surface area contributed by atoms with E-state index >= 15 is 0 Å². The summed E-state index contributed by atoms with van der Waals surface area (Å²) in [5.41, 5.74) is 3.39. The Bertz CT molecular complexity index is 1470. The van der Waals surface area contributed by atoms with E-state index in [1.807, 2.05) is 31.4 Å². The molecule has 3 aromatic carbocycles. The van der Waals surface area contributed by atoms with E-state index < -0.39 is 15.9 Å². The average molecular weight is 495 g/mol. The van der Waals surface area contributed by atoms with Gasteiger partial charge in [-0.05, 0) is 78.1 Å². The van der Waals surface area contributed by atoms with Crippen LogP contribution in [-0.2, 0) is 10.0 Å². The smallest absolute Gasteiger partial charge is 0.261 e. The predicted octanol–water partition coefficient (Wildman–Crippen LogP) is 4.05. The summed E-state index contributed by atoms with van der Waals surface area (Å²) in [6, 6.07) is 18.6. The van der Waals surface area contributed by atoms with Crippen molar-refractivity contribution in [2.45, 2.75) is 23.9 Å². The van der Waals surface area contributed by atoms with Crippen molar-refractivity contribution in [1.82, 2.24) is 20.2 Å². The number of hydrogen-bond donors (Lipinski definition) is 2. The molecule has 0 aliphatic rings. The summed E-state index contributed by atoms with van der Waals surface area (Å²) < 4.78 is 30.1. The van der Waals surface area contributed by atoms with Crippen molar-refractivity contribution in [1.29, 1.82) is 0 Å². The van der Waals surface area contributed by atoms with Gasteiger partial charge in [0.05, 0.1) is 16.3 Å². The lowest BCUT2D eigenvalue weighted by molar-refractivity contribution is 0.102. The van der Waals surface area contributed by atoms with Crippen molar-refractivity contribution in [3.8, 4) is 5.69 Å². The number of carbonyl (C=O) groups is 1. The summed E-state index contributed by atoms with van der Waals surface area (Å²) in [7, 11) is -3.88. The molecule has 34 heavy (non-hydrogen) atoms. The highest BCUT2D eigenvalue weighted by molar-refractivity contribution is 7.98. The Morgan fingerprint density at radius 1 is 0.971 bits per heavy atom. The van der Waals surface area contributed by atoms with Crippen molar-refractivity contribution in [3.05, 3.63) is 83.4 Å². The maximum absolute atomic E-state index is 13.1. The first kappa shape index (κ1) is 23.5. The lowest BCUT2D eigenvalue weighted by atomic mass is 10.1. The third kappa shape index (κ3) is 4.95. The van der Waals surface area contributed by atoms with Gasteiger partial charge >= 0.3 is 0 Å². The number of carbonyl (C=O) groups excluding carboxylic acids is 1. The minimum atomic E-state index is -3.88. The van der Waals surface area contributed by atoms with Crippen LogP contribution in [0, 0.1) is 13.8 Å². The van der Waals surface area contributed by atoms with E-state index in [0.717, 1.165) is 5.56 Å². The molecule has 0 atom stereocenters. The van der Waals surface area contributed by atoms with E-state index in [4.69, 9.17) is 0 Å². The van der Waals surface area contributed by atoms with Crippen LogP contribution in [0.1, 0.15) is 21.5 Å². The number of aryl methyl sites for hydroxylation is 2. The third-order valence-electron chi connectivity index (χ3n) is 5.13. The zero-order valence-corrected chi connectivity index (χ0v) is 20.3. The van der Waals surface area contributed by atoms with Gasteiger partial charge in [-0.15, -0.1) is 5.10 Å². The quantitative estimate of drug-likeness (QED) is 0.372. The van der Waals surface area contributed by atoms with Gasteiger partial charge in [-0.25, -0.2) is 8.42 Å². The van der Waals surface area contributed by atoms with Crippen LogP contribution in [0.4, 0.5) is 11.4 Å². The molecule has 1 aromatic heterocycles. The number of aromatic nitrogens is 4. The molecule has 0 spiro atoms. The topological polar surface area (TPSA) is 119 Å². The van der Waals surface area contributed by atoms with Gasteiger partial charge in [-0.2, -0.15) is 4.68 Å². The number of nitrogens with zero attached hydrogens (tertiary/aromatic N) is 4.